The van der Waals surface area contributed by atoms with Crippen molar-refractivity contribution in [3.8, 4) is 11.5 Å². The fourth-order valence-corrected chi connectivity index (χ4v) is 5.76. The Hall–Kier alpha value is -5.26. The lowest BCUT2D eigenvalue weighted by molar-refractivity contribution is 0.103. The summed E-state index contributed by atoms with van der Waals surface area (Å²) >= 11 is 0. The number of carbonyl (C=O) groups is 1. The minimum Gasteiger partial charge on any atom is -0.457 e. The van der Waals surface area contributed by atoms with Crippen LogP contribution in [0.25, 0.3) is 0 Å². The molecule has 244 valence electrons. The average molecular weight is 655 g/mol. The zero-order chi connectivity index (χ0) is 34.7. The van der Waals surface area contributed by atoms with Gasteiger partial charge in [0.25, 0.3) is 0 Å². The highest BCUT2D eigenvalue weighted by atomic mass is 32.2. The van der Waals surface area contributed by atoms with E-state index >= 15 is 0 Å². The standard InChI is InChI=1S/C15H14O.C14H14O2S.C14H14O/c1-11-3-7-13(8-4-11)15(16)14-9-5-12(2)6-10-14;1-11-3-7-13(8-4-11)17(15,16)14-9-5-12(2)6-10-14;1-11-3-7-13(8-4-11)15-14-9-5-12(2)6-10-14/h3-10H,1-2H3;3-10H,1-2H3;3-10H,1-2H3. The van der Waals surface area contributed by atoms with Crippen LogP contribution in [-0.2, 0) is 9.84 Å². The Balaban J connectivity index is 0.000000163. The number of benzene rings is 6. The van der Waals surface area contributed by atoms with E-state index in [4.69, 9.17) is 4.74 Å². The Labute approximate surface area is 285 Å². The van der Waals surface area contributed by atoms with Gasteiger partial charge in [-0.3, -0.25) is 4.79 Å². The largest absolute Gasteiger partial charge is 0.457 e. The maximum absolute atomic E-state index is 12.3. The highest BCUT2D eigenvalue weighted by Crippen LogP contribution is 2.22. The molecule has 6 rings (SSSR count). The number of rotatable bonds is 6. The summed E-state index contributed by atoms with van der Waals surface area (Å²) in [6, 6.07) is 45.2. The zero-order valence-corrected chi connectivity index (χ0v) is 29.2. The molecule has 0 N–H and O–H groups in total. The fourth-order valence-electron chi connectivity index (χ4n) is 4.50. The van der Waals surface area contributed by atoms with Crippen molar-refractivity contribution in [3.63, 3.8) is 0 Å². The Kier molecular flexibility index (Phi) is 12.3. The molecule has 0 aromatic heterocycles. The highest BCUT2D eigenvalue weighted by Gasteiger charge is 2.16. The Morgan fingerprint density at radius 1 is 0.375 bits per heavy atom. The quantitative estimate of drug-likeness (QED) is 0.168. The second-order valence-electron chi connectivity index (χ2n) is 11.9. The monoisotopic (exact) mass is 654 g/mol. The van der Waals surface area contributed by atoms with Gasteiger partial charge < -0.3 is 4.74 Å². The highest BCUT2D eigenvalue weighted by molar-refractivity contribution is 7.91. The van der Waals surface area contributed by atoms with E-state index in [1.165, 1.54) is 22.3 Å². The molecule has 0 spiro atoms. The summed E-state index contributed by atoms with van der Waals surface area (Å²) < 4.78 is 30.2. The van der Waals surface area contributed by atoms with Crippen molar-refractivity contribution in [2.75, 3.05) is 0 Å². The third-order valence-electron chi connectivity index (χ3n) is 7.57. The summed E-state index contributed by atoms with van der Waals surface area (Å²) in [6.07, 6.45) is 0. The molecule has 0 heterocycles. The summed E-state index contributed by atoms with van der Waals surface area (Å²) in [5.74, 6) is 1.84. The number of ketones is 1. The number of aryl methyl sites for hydroxylation is 6. The van der Waals surface area contributed by atoms with E-state index in [1.54, 1.807) is 48.5 Å². The molecule has 0 aliphatic heterocycles. The number of hydrogen-bond acceptors (Lipinski definition) is 4. The van der Waals surface area contributed by atoms with E-state index in [-0.39, 0.29) is 5.78 Å². The summed E-state index contributed by atoms with van der Waals surface area (Å²) in [5.41, 5.74) is 8.41. The smallest absolute Gasteiger partial charge is 0.206 e. The molecular formula is C43H42O4S. The van der Waals surface area contributed by atoms with Crippen LogP contribution in [0, 0.1) is 41.5 Å². The molecule has 6 aromatic rings. The van der Waals surface area contributed by atoms with Gasteiger partial charge in [0, 0.05) is 11.1 Å². The molecule has 0 amide bonds. The van der Waals surface area contributed by atoms with Gasteiger partial charge in [-0.15, -0.1) is 0 Å². The third kappa shape index (κ3) is 10.4. The molecule has 0 radical (unpaired) electrons. The lowest BCUT2D eigenvalue weighted by Gasteiger charge is -2.05. The maximum atomic E-state index is 12.3. The van der Waals surface area contributed by atoms with Crippen LogP contribution in [-0.4, -0.2) is 14.2 Å². The van der Waals surface area contributed by atoms with Crippen LogP contribution in [0.1, 0.15) is 49.3 Å². The molecule has 0 aliphatic carbocycles. The average Bonchev–Trinajstić information content (AvgIpc) is 3.08. The number of carbonyl (C=O) groups excluding carboxylic acids is 1. The normalized spacial score (nSPS) is 10.5. The molecule has 0 atom stereocenters. The molecule has 48 heavy (non-hydrogen) atoms. The molecule has 0 aliphatic rings. The van der Waals surface area contributed by atoms with Crippen LogP contribution in [0.3, 0.4) is 0 Å². The molecule has 0 bridgehead atoms. The maximum Gasteiger partial charge on any atom is 0.206 e. The van der Waals surface area contributed by atoms with Crippen molar-refractivity contribution in [2.24, 2.45) is 0 Å². The van der Waals surface area contributed by atoms with Gasteiger partial charge in [-0.25, -0.2) is 8.42 Å². The Morgan fingerprint density at radius 2 is 0.604 bits per heavy atom. The van der Waals surface area contributed by atoms with E-state index in [9.17, 15) is 13.2 Å². The molecule has 6 aromatic carbocycles. The van der Waals surface area contributed by atoms with Crippen LogP contribution < -0.4 is 4.74 Å². The lowest BCUT2D eigenvalue weighted by atomic mass is 10.0. The van der Waals surface area contributed by atoms with Crippen LogP contribution in [0.4, 0.5) is 0 Å². The van der Waals surface area contributed by atoms with Crippen LogP contribution >= 0.6 is 0 Å². The molecule has 0 unspecified atom stereocenters. The second-order valence-corrected chi connectivity index (χ2v) is 13.9. The van der Waals surface area contributed by atoms with Crippen molar-refractivity contribution < 1.29 is 17.9 Å². The first-order valence-corrected chi connectivity index (χ1v) is 17.3. The van der Waals surface area contributed by atoms with Crippen molar-refractivity contribution in [3.05, 3.63) is 190 Å². The van der Waals surface area contributed by atoms with Crippen molar-refractivity contribution in [2.45, 2.75) is 51.3 Å². The third-order valence-corrected chi connectivity index (χ3v) is 9.35. The molecule has 0 fully saturated rings. The van der Waals surface area contributed by atoms with Crippen molar-refractivity contribution in [1.29, 1.82) is 0 Å². The lowest BCUT2D eigenvalue weighted by Crippen LogP contribution is -2.01. The second kappa shape index (κ2) is 16.5. The van der Waals surface area contributed by atoms with Gasteiger partial charge in [0.2, 0.25) is 9.84 Å². The Morgan fingerprint density at radius 3 is 0.875 bits per heavy atom. The van der Waals surface area contributed by atoms with Gasteiger partial charge in [0.05, 0.1) is 9.79 Å². The van der Waals surface area contributed by atoms with Crippen molar-refractivity contribution in [1.82, 2.24) is 0 Å². The first kappa shape index (κ1) is 35.6. The first-order chi connectivity index (χ1) is 22.9. The Bertz CT molecular complexity index is 1870. The minimum absolute atomic E-state index is 0.0833. The van der Waals surface area contributed by atoms with Crippen molar-refractivity contribution >= 4 is 15.6 Å². The van der Waals surface area contributed by atoms with E-state index < -0.39 is 9.84 Å². The summed E-state index contributed by atoms with van der Waals surface area (Å²) in [4.78, 5) is 12.7. The summed E-state index contributed by atoms with van der Waals surface area (Å²) in [5, 5.41) is 0. The SMILES string of the molecule is Cc1ccc(C(=O)c2ccc(C)cc2)cc1.Cc1ccc(Oc2ccc(C)cc2)cc1.Cc1ccc(S(=O)(=O)c2ccc(C)cc2)cc1. The van der Waals surface area contributed by atoms with E-state index in [2.05, 4.69) is 13.8 Å². The summed E-state index contributed by atoms with van der Waals surface area (Å²) in [6.45, 7) is 12.0. The van der Waals surface area contributed by atoms with Gasteiger partial charge in [0.1, 0.15) is 11.5 Å². The molecular weight excluding hydrogens is 613 g/mol. The molecule has 0 saturated carbocycles. The zero-order valence-electron chi connectivity index (χ0n) is 28.4. The van der Waals surface area contributed by atoms with Gasteiger partial charge in [-0.1, -0.05) is 130 Å². The van der Waals surface area contributed by atoms with Crippen LogP contribution in [0.5, 0.6) is 11.5 Å². The number of hydrogen-bond donors (Lipinski definition) is 0. The van der Waals surface area contributed by atoms with Gasteiger partial charge in [0.15, 0.2) is 5.78 Å². The van der Waals surface area contributed by atoms with E-state index in [0.29, 0.717) is 9.79 Å². The van der Waals surface area contributed by atoms with E-state index in [1.807, 2.05) is 125 Å². The van der Waals surface area contributed by atoms with Gasteiger partial charge in [-0.05, 0) is 90.1 Å². The number of ether oxygens (including phenoxy) is 1. The van der Waals surface area contributed by atoms with Gasteiger partial charge in [-0.2, -0.15) is 0 Å². The minimum atomic E-state index is -3.37. The van der Waals surface area contributed by atoms with Gasteiger partial charge >= 0.3 is 0 Å². The van der Waals surface area contributed by atoms with Crippen LogP contribution in [0.2, 0.25) is 0 Å². The number of sulfone groups is 1. The van der Waals surface area contributed by atoms with E-state index in [0.717, 1.165) is 33.8 Å². The predicted octanol–water partition coefficient (Wildman–Crippen LogP) is 10.8. The summed E-state index contributed by atoms with van der Waals surface area (Å²) in [7, 11) is -3.37. The fraction of sp³-hybridized carbons (Fsp3) is 0.140. The molecule has 0 saturated heterocycles. The predicted molar refractivity (Wildman–Crippen MR) is 196 cm³/mol. The molecule has 4 nitrogen and oxygen atoms in total. The topological polar surface area (TPSA) is 60.4 Å². The first-order valence-electron chi connectivity index (χ1n) is 15.8. The molecule has 5 heteroatoms. The van der Waals surface area contributed by atoms with Crippen LogP contribution in [0.15, 0.2) is 155 Å².